The van der Waals surface area contributed by atoms with Gasteiger partial charge in [0.05, 0.1) is 11.4 Å². The lowest BCUT2D eigenvalue weighted by atomic mass is 9.99. The van der Waals surface area contributed by atoms with Crippen LogP contribution in [0.5, 0.6) is 0 Å². The van der Waals surface area contributed by atoms with E-state index in [0.29, 0.717) is 0 Å². The lowest BCUT2D eigenvalue weighted by molar-refractivity contribution is 0.998. The SMILES string of the molecule is Cc1ccc(N)c(NCCc2cc(C)c(C)cc2C)c1. The molecule has 2 aromatic rings. The minimum atomic E-state index is 0.812. The van der Waals surface area contributed by atoms with Crippen LogP contribution in [0.4, 0.5) is 11.4 Å². The second-order valence-corrected chi connectivity index (χ2v) is 5.63. The van der Waals surface area contributed by atoms with Gasteiger partial charge < -0.3 is 11.1 Å². The van der Waals surface area contributed by atoms with Gasteiger partial charge in [0.1, 0.15) is 0 Å². The highest BCUT2D eigenvalue weighted by atomic mass is 14.9. The molecule has 3 N–H and O–H groups in total. The van der Waals surface area contributed by atoms with Crippen molar-refractivity contribution >= 4 is 11.4 Å². The van der Waals surface area contributed by atoms with Crippen molar-refractivity contribution in [2.75, 3.05) is 17.6 Å². The van der Waals surface area contributed by atoms with E-state index in [1.54, 1.807) is 0 Å². The Morgan fingerprint density at radius 3 is 2.35 bits per heavy atom. The molecule has 0 unspecified atom stereocenters. The molecule has 106 valence electrons. The van der Waals surface area contributed by atoms with Crippen molar-refractivity contribution in [3.8, 4) is 0 Å². The van der Waals surface area contributed by atoms with Gasteiger partial charge in [-0.05, 0) is 74.1 Å². The second kappa shape index (κ2) is 6.00. The van der Waals surface area contributed by atoms with Crippen molar-refractivity contribution < 1.29 is 0 Å². The first-order valence-corrected chi connectivity index (χ1v) is 7.14. The minimum absolute atomic E-state index is 0.812. The largest absolute Gasteiger partial charge is 0.397 e. The molecule has 0 fully saturated rings. The fourth-order valence-electron chi connectivity index (χ4n) is 2.44. The number of rotatable bonds is 4. The summed E-state index contributed by atoms with van der Waals surface area (Å²) in [6.45, 7) is 9.50. The number of nitrogen functional groups attached to an aromatic ring is 1. The van der Waals surface area contributed by atoms with Crippen LogP contribution < -0.4 is 11.1 Å². The summed E-state index contributed by atoms with van der Waals surface area (Å²) in [5.74, 6) is 0. The van der Waals surface area contributed by atoms with Gasteiger partial charge in [0, 0.05) is 6.54 Å². The van der Waals surface area contributed by atoms with Crippen LogP contribution in [0.25, 0.3) is 0 Å². The molecule has 0 saturated heterocycles. The van der Waals surface area contributed by atoms with Crippen LogP contribution in [0, 0.1) is 27.7 Å². The number of aryl methyl sites for hydroxylation is 4. The fraction of sp³-hybridized carbons (Fsp3) is 0.333. The molecule has 0 aliphatic rings. The monoisotopic (exact) mass is 268 g/mol. The number of nitrogens with two attached hydrogens (primary N) is 1. The van der Waals surface area contributed by atoms with E-state index in [9.17, 15) is 0 Å². The van der Waals surface area contributed by atoms with E-state index >= 15 is 0 Å². The van der Waals surface area contributed by atoms with Crippen molar-refractivity contribution in [3.63, 3.8) is 0 Å². The third-order valence-electron chi connectivity index (χ3n) is 3.87. The average molecular weight is 268 g/mol. The fourth-order valence-corrected chi connectivity index (χ4v) is 2.44. The van der Waals surface area contributed by atoms with E-state index in [1.807, 2.05) is 12.1 Å². The maximum Gasteiger partial charge on any atom is 0.0576 e. The Bertz CT molecular complexity index is 615. The Morgan fingerprint density at radius 1 is 0.900 bits per heavy atom. The summed E-state index contributed by atoms with van der Waals surface area (Å²) in [4.78, 5) is 0. The van der Waals surface area contributed by atoms with E-state index in [2.05, 4.69) is 51.2 Å². The van der Waals surface area contributed by atoms with Crippen molar-refractivity contribution in [2.24, 2.45) is 0 Å². The molecule has 20 heavy (non-hydrogen) atoms. The van der Waals surface area contributed by atoms with Gasteiger partial charge in [-0.15, -0.1) is 0 Å². The third kappa shape index (κ3) is 3.32. The molecule has 0 aromatic heterocycles. The van der Waals surface area contributed by atoms with Crippen LogP contribution in [0.2, 0.25) is 0 Å². The summed E-state index contributed by atoms with van der Waals surface area (Å²) in [5.41, 5.74) is 14.6. The third-order valence-corrected chi connectivity index (χ3v) is 3.87. The van der Waals surface area contributed by atoms with Crippen LogP contribution in [0.3, 0.4) is 0 Å². The number of anilines is 2. The maximum atomic E-state index is 5.98. The smallest absolute Gasteiger partial charge is 0.0576 e. The Morgan fingerprint density at radius 2 is 1.60 bits per heavy atom. The molecule has 0 radical (unpaired) electrons. The summed E-state index contributed by atoms with van der Waals surface area (Å²) >= 11 is 0. The van der Waals surface area contributed by atoms with Crippen LogP contribution in [0.1, 0.15) is 27.8 Å². The van der Waals surface area contributed by atoms with Crippen molar-refractivity contribution in [1.29, 1.82) is 0 Å². The van der Waals surface area contributed by atoms with Gasteiger partial charge in [-0.2, -0.15) is 0 Å². The van der Waals surface area contributed by atoms with E-state index in [1.165, 1.54) is 27.8 Å². The van der Waals surface area contributed by atoms with E-state index in [-0.39, 0.29) is 0 Å². The standard InChI is InChI=1S/C18H24N2/c1-12-5-6-17(19)18(9-12)20-8-7-16-11-14(3)13(2)10-15(16)4/h5-6,9-11,20H,7-8,19H2,1-4H3. The molecule has 0 atom stereocenters. The predicted molar refractivity (Wildman–Crippen MR) is 88.4 cm³/mol. The molecule has 0 heterocycles. The number of hydrogen-bond donors (Lipinski definition) is 2. The van der Waals surface area contributed by atoms with Gasteiger partial charge in [-0.1, -0.05) is 18.2 Å². The summed E-state index contributed by atoms with van der Waals surface area (Å²) in [6, 6.07) is 10.7. The molecule has 0 bridgehead atoms. The van der Waals surface area contributed by atoms with E-state index in [0.717, 1.165) is 24.3 Å². The second-order valence-electron chi connectivity index (χ2n) is 5.63. The first-order valence-electron chi connectivity index (χ1n) is 7.14. The summed E-state index contributed by atoms with van der Waals surface area (Å²) < 4.78 is 0. The quantitative estimate of drug-likeness (QED) is 0.817. The molecule has 0 aliphatic carbocycles. The molecule has 2 nitrogen and oxygen atoms in total. The van der Waals surface area contributed by atoms with Crippen molar-refractivity contribution in [3.05, 3.63) is 58.1 Å². The highest BCUT2D eigenvalue weighted by molar-refractivity contribution is 5.66. The zero-order chi connectivity index (χ0) is 14.7. The van der Waals surface area contributed by atoms with Crippen LogP contribution in [-0.4, -0.2) is 6.54 Å². The molecule has 0 spiro atoms. The van der Waals surface area contributed by atoms with Gasteiger partial charge in [-0.3, -0.25) is 0 Å². The first-order chi connectivity index (χ1) is 9.47. The highest BCUT2D eigenvalue weighted by Crippen LogP contribution is 2.20. The number of benzene rings is 2. The Kier molecular flexibility index (Phi) is 4.33. The van der Waals surface area contributed by atoms with Crippen LogP contribution in [-0.2, 0) is 6.42 Å². The summed E-state index contributed by atoms with van der Waals surface area (Å²) in [7, 11) is 0. The van der Waals surface area contributed by atoms with Gasteiger partial charge >= 0.3 is 0 Å². The van der Waals surface area contributed by atoms with Crippen LogP contribution in [0.15, 0.2) is 30.3 Å². The summed E-state index contributed by atoms with van der Waals surface area (Å²) in [5, 5.41) is 3.44. The normalized spacial score (nSPS) is 10.6. The van der Waals surface area contributed by atoms with Crippen LogP contribution >= 0.6 is 0 Å². The van der Waals surface area contributed by atoms with Crippen molar-refractivity contribution in [1.82, 2.24) is 0 Å². The van der Waals surface area contributed by atoms with E-state index < -0.39 is 0 Å². The summed E-state index contributed by atoms with van der Waals surface area (Å²) in [6.07, 6.45) is 1.01. The molecule has 2 heteroatoms. The van der Waals surface area contributed by atoms with Gasteiger partial charge in [0.2, 0.25) is 0 Å². The zero-order valence-electron chi connectivity index (χ0n) is 12.9. The lowest BCUT2D eigenvalue weighted by Crippen LogP contribution is -2.08. The highest BCUT2D eigenvalue weighted by Gasteiger charge is 2.03. The molecule has 0 saturated carbocycles. The lowest BCUT2D eigenvalue weighted by Gasteiger charge is -2.13. The van der Waals surface area contributed by atoms with E-state index in [4.69, 9.17) is 5.73 Å². The molecule has 2 aromatic carbocycles. The molecular formula is C18H24N2. The molecule has 0 aliphatic heterocycles. The predicted octanol–water partition coefficient (Wildman–Crippen LogP) is 4.16. The first kappa shape index (κ1) is 14.4. The van der Waals surface area contributed by atoms with Gasteiger partial charge in [0.15, 0.2) is 0 Å². The van der Waals surface area contributed by atoms with Crippen molar-refractivity contribution in [2.45, 2.75) is 34.1 Å². The molecular weight excluding hydrogens is 244 g/mol. The molecule has 2 rings (SSSR count). The Hall–Kier alpha value is -1.96. The topological polar surface area (TPSA) is 38.0 Å². The average Bonchev–Trinajstić information content (AvgIpc) is 2.39. The zero-order valence-corrected chi connectivity index (χ0v) is 12.9. The molecule has 0 amide bonds. The van der Waals surface area contributed by atoms with Gasteiger partial charge in [-0.25, -0.2) is 0 Å². The maximum absolute atomic E-state index is 5.98. The van der Waals surface area contributed by atoms with Gasteiger partial charge in [0.25, 0.3) is 0 Å². The minimum Gasteiger partial charge on any atom is -0.397 e. The Balaban J connectivity index is 2.03. The Labute approximate surface area is 122 Å². The number of hydrogen-bond acceptors (Lipinski definition) is 2. The number of nitrogens with one attached hydrogen (secondary N) is 1.